The van der Waals surface area contributed by atoms with E-state index in [1.165, 1.54) is 0 Å². The summed E-state index contributed by atoms with van der Waals surface area (Å²) in [6.45, 7) is 8.08. The zero-order chi connectivity index (χ0) is 21.3. The number of carbonyl (C=O) groups is 1. The van der Waals surface area contributed by atoms with Gasteiger partial charge in [0.1, 0.15) is 5.82 Å². The summed E-state index contributed by atoms with van der Waals surface area (Å²) in [7, 11) is 0. The first-order valence-electron chi connectivity index (χ1n) is 9.91. The fraction of sp³-hybridized carbons (Fsp3) is 0.208. The molecule has 0 atom stereocenters. The zero-order valence-electron chi connectivity index (χ0n) is 17.6. The second-order valence-electron chi connectivity index (χ2n) is 8.25. The normalized spacial score (nSPS) is 11.5. The van der Waals surface area contributed by atoms with Gasteiger partial charge in [-0.05, 0) is 52.0 Å². The van der Waals surface area contributed by atoms with E-state index in [1.54, 1.807) is 12.3 Å². The lowest BCUT2D eigenvalue weighted by molar-refractivity contribution is 0.102. The lowest BCUT2D eigenvalue weighted by atomic mass is 10.1. The van der Waals surface area contributed by atoms with E-state index in [2.05, 4.69) is 36.3 Å². The van der Waals surface area contributed by atoms with Gasteiger partial charge in [-0.2, -0.15) is 10.2 Å². The molecule has 4 rings (SSSR count). The molecular weight excluding hydrogens is 374 g/mol. The smallest absolute Gasteiger partial charge is 0.256 e. The van der Waals surface area contributed by atoms with Crippen molar-refractivity contribution in [3.63, 3.8) is 0 Å². The number of anilines is 1. The van der Waals surface area contributed by atoms with Crippen LogP contribution in [0.5, 0.6) is 0 Å². The van der Waals surface area contributed by atoms with Gasteiger partial charge in [0, 0.05) is 17.2 Å². The minimum Gasteiger partial charge on any atom is -0.307 e. The Balaban J connectivity index is 1.65. The van der Waals surface area contributed by atoms with Gasteiger partial charge in [-0.3, -0.25) is 4.79 Å². The van der Waals surface area contributed by atoms with Crippen molar-refractivity contribution in [1.29, 1.82) is 0 Å². The summed E-state index contributed by atoms with van der Waals surface area (Å²) >= 11 is 0. The summed E-state index contributed by atoms with van der Waals surface area (Å²) in [6.07, 6.45) is 1.76. The summed E-state index contributed by atoms with van der Waals surface area (Å²) < 4.78 is 3.68. The highest BCUT2D eigenvalue weighted by molar-refractivity contribution is 6.04. The van der Waals surface area contributed by atoms with Crippen molar-refractivity contribution in [2.24, 2.45) is 0 Å². The zero-order valence-corrected chi connectivity index (χ0v) is 17.6. The Kier molecular flexibility index (Phi) is 4.99. The molecule has 0 fully saturated rings. The maximum Gasteiger partial charge on any atom is 0.256 e. The molecule has 0 bridgehead atoms. The highest BCUT2D eigenvalue weighted by Crippen LogP contribution is 2.24. The number of rotatable bonds is 4. The second kappa shape index (κ2) is 7.63. The van der Waals surface area contributed by atoms with Crippen LogP contribution in [0.15, 0.2) is 72.9 Å². The summed E-state index contributed by atoms with van der Waals surface area (Å²) in [6, 6.07) is 21.4. The highest BCUT2D eigenvalue weighted by atomic mass is 16.1. The Morgan fingerprint density at radius 2 is 1.73 bits per heavy atom. The molecule has 1 N–H and O–H groups in total. The van der Waals surface area contributed by atoms with Crippen molar-refractivity contribution in [2.75, 3.05) is 5.32 Å². The Morgan fingerprint density at radius 3 is 2.47 bits per heavy atom. The van der Waals surface area contributed by atoms with Crippen LogP contribution in [0.2, 0.25) is 0 Å². The van der Waals surface area contributed by atoms with Crippen molar-refractivity contribution in [2.45, 2.75) is 33.2 Å². The van der Waals surface area contributed by atoms with E-state index in [0.717, 1.165) is 22.6 Å². The molecule has 0 radical (unpaired) electrons. The number of aryl methyl sites for hydroxylation is 1. The van der Waals surface area contributed by atoms with Gasteiger partial charge in [-0.15, -0.1) is 0 Å². The van der Waals surface area contributed by atoms with E-state index < -0.39 is 0 Å². The van der Waals surface area contributed by atoms with Gasteiger partial charge < -0.3 is 5.32 Å². The number of hydrogen-bond acceptors (Lipinski definition) is 3. The summed E-state index contributed by atoms with van der Waals surface area (Å²) in [5, 5.41) is 12.0. The summed E-state index contributed by atoms with van der Waals surface area (Å²) in [4.78, 5) is 13.0. The highest BCUT2D eigenvalue weighted by Gasteiger charge is 2.20. The maximum atomic E-state index is 13.0. The molecule has 0 unspecified atom stereocenters. The van der Waals surface area contributed by atoms with Gasteiger partial charge in [0.25, 0.3) is 5.91 Å². The van der Waals surface area contributed by atoms with Crippen LogP contribution in [-0.2, 0) is 5.54 Å². The molecule has 30 heavy (non-hydrogen) atoms. The molecule has 0 aliphatic heterocycles. The van der Waals surface area contributed by atoms with Crippen LogP contribution in [-0.4, -0.2) is 25.5 Å². The van der Waals surface area contributed by atoms with Gasteiger partial charge >= 0.3 is 0 Å². The van der Waals surface area contributed by atoms with Gasteiger partial charge in [0.2, 0.25) is 0 Å². The first-order chi connectivity index (χ1) is 14.3. The Bertz CT molecular complexity index is 1180. The minimum atomic E-state index is -0.238. The molecule has 0 saturated heterocycles. The SMILES string of the molecule is Cc1cc(NC(=O)c2cccc(-n3nccc3-c3ccccc3)c2)n(C(C)(C)C)n1. The molecule has 0 aliphatic carbocycles. The molecule has 6 nitrogen and oxygen atoms in total. The van der Waals surface area contributed by atoms with Gasteiger partial charge in [-0.25, -0.2) is 9.36 Å². The van der Waals surface area contributed by atoms with E-state index in [0.29, 0.717) is 11.4 Å². The third-order valence-electron chi connectivity index (χ3n) is 4.77. The van der Waals surface area contributed by atoms with E-state index in [1.807, 2.05) is 77.0 Å². The van der Waals surface area contributed by atoms with Gasteiger partial charge in [0.15, 0.2) is 0 Å². The number of hydrogen-bond donors (Lipinski definition) is 1. The average Bonchev–Trinajstić information content (AvgIpc) is 3.35. The lowest BCUT2D eigenvalue weighted by Gasteiger charge is -2.22. The molecule has 0 aliphatic rings. The molecule has 1 amide bonds. The van der Waals surface area contributed by atoms with Gasteiger partial charge in [0.05, 0.1) is 28.8 Å². The van der Waals surface area contributed by atoms with E-state index in [-0.39, 0.29) is 11.4 Å². The molecule has 0 spiro atoms. The number of nitrogens with zero attached hydrogens (tertiary/aromatic N) is 4. The number of nitrogens with one attached hydrogen (secondary N) is 1. The van der Waals surface area contributed by atoms with E-state index >= 15 is 0 Å². The van der Waals surface area contributed by atoms with E-state index in [4.69, 9.17) is 0 Å². The molecular formula is C24H25N5O. The van der Waals surface area contributed by atoms with Crippen LogP contribution in [0.1, 0.15) is 36.8 Å². The third kappa shape index (κ3) is 3.89. The molecule has 4 aromatic rings. The first-order valence-corrected chi connectivity index (χ1v) is 9.91. The largest absolute Gasteiger partial charge is 0.307 e. The van der Waals surface area contributed by atoms with Crippen LogP contribution in [0.4, 0.5) is 5.82 Å². The van der Waals surface area contributed by atoms with Gasteiger partial charge in [-0.1, -0.05) is 36.4 Å². The van der Waals surface area contributed by atoms with Crippen molar-refractivity contribution in [1.82, 2.24) is 19.6 Å². The monoisotopic (exact) mass is 399 g/mol. The fourth-order valence-electron chi connectivity index (χ4n) is 3.40. The average molecular weight is 399 g/mol. The van der Waals surface area contributed by atoms with Crippen molar-refractivity contribution in [3.8, 4) is 16.9 Å². The van der Waals surface area contributed by atoms with E-state index in [9.17, 15) is 4.79 Å². The quantitative estimate of drug-likeness (QED) is 0.522. The van der Waals surface area contributed by atoms with Crippen molar-refractivity contribution in [3.05, 3.63) is 84.2 Å². The van der Waals surface area contributed by atoms with Crippen LogP contribution in [0, 0.1) is 6.92 Å². The number of amides is 1. The third-order valence-corrected chi connectivity index (χ3v) is 4.77. The Labute approximate surface area is 176 Å². The molecule has 2 aromatic heterocycles. The number of aromatic nitrogens is 4. The first kappa shape index (κ1) is 19.6. The second-order valence-corrected chi connectivity index (χ2v) is 8.25. The predicted octanol–water partition coefficient (Wildman–Crippen LogP) is 5.05. The Hall–Kier alpha value is -3.67. The standard InChI is InChI=1S/C24H25N5O/c1-17-15-22(29(27-17)24(2,3)4)26-23(30)19-11-8-12-20(16-19)28-21(13-14-25-28)18-9-6-5-7-10-18/h5-16H,1-4H3,(H,26,30). The topological polar surface area (TPSA) is 64.7 Å². The van der Waals surface area contributed by atoms with Crippen LogP contribution < -0.4 is 5.32 Å². The molecule has 2 heterocycles. The molecule has 0 saturated carbocycles. The summed E-state index contributed by atoms with van der Waals surface area (Å²) in [5.41, 5.74) is 4.04. The lowest BCUT2D eigenvalue weighted by Crippen LogP contribution is -2.26. The van der Waals surface area contributed by atoms with Crippen LogP contribution >= 0.6 is 0 Å². The van der Waals surface area contributed by atoms with Crippen molar-refractivity contribution >= 4 is 11.7 Å². The van der Waals surface area contributed by atoms with Crippen LogP contribution in [0.3, 0.4) is 0 Å². The minimum absolute atomic E-state index is 0.185. The van der Waals surface area contributed by atoms with Crippen molar-refractivity contribution < 1.29 is 4.79 Å². The fourth-order valence-corrected chi connectivity index (χ4v) is 3.40. The Morgan fingerprint density at radius 1 is 0.967 bits per heavy atom. The summed E-state index contributed by atoms with van der Waals surface area (Å²) in [5.74, 6) is 0.495. The molecule has 2 aromatic carbocycles. The number of carbonyl (C=O) groups excluding carboxylic acids is 1. The molecule has 6 heteroatoms. The maximum absolute atomic E-state index is 13.0. The van der Waals surface area contributed by atoms with Crippen LogP contribution in [0.25, 0.3) is 16.9 Å². The molecule has 152 valence electrons. The predicted molar refractivity (Wildman–Crippen MR) is 119 cm³/mol. The number of benzene rings is 2.